The van der Waals surface area contributed by atoms with Crippen molar-refractivity contribution in [2.24, 2.45) is 0 Å². The molecule has 0 aromatic heterocycles. The van der Waals surface area contributed by atoms with Crippen LogP contribution in [0.1, 0.15) is 64.3 Å². The number of ether oxygens (including phenoxy) is 1. The zero-order valence-corrected chi connectivity index (χ0v) is 16.0. The number of hydrogen-bond donors (Lipinski definition) is 1. The minimum Gasteiger partial charge on any atom is -0.478 e. The monoisotopic (exact) mass is 340 g/mol. The molecule has 0 heterocycles. The van der Waals surface area contributed by atoms with Crippen LogP contribution in [-0.4, -0.2) is 11.1 Å². The molecule has 2 rings (SSSR count). The smallest absolute Gasteiger partial charge is 0.349 e. The predicted octanol–water partition coefficient (Wildman–Crippen LogP) is 5.49. The zero-order valence-electron chi connectivity index (χ0n) is 16.0. The lowest BCUT2D eigenvalue weighted by molar-refractivity contribution is -0.145. The molecule has 0 spiro atoms. The average Bonchev–Trinajstić information content (AvgIpc) is 2.51. The highest BCUT2D eigenvalue weighted by Crippen LogP contribution is 2.37. The van der Waals surface area contributed by atoms with Crippen molar-refractivity contribution in [1.29, 1.82) is 0 Å². The van der Waals surface area contributed by atoms with E-state index in [1.54, 1.807) is 12.1 Å². The van der Waals surface area contributed by atoms with E-state index in [0.717, 1.165) is 5.56 Å². The van der Waals surface area contributed by atoms with Crippen LogP contribution in [-0.2, 0) is 15.6 Å². The second-order valence-electron chi connectivity index (χ2n) is 8.46. The molecule has 3 nitrogen and oxygen atoms in total. The molecule has 25 heavy (non-hydrogen) atoms. The summed E-state index contributed by atoms with van der Waals surface area (Å²) >= 11 is 0. The van der Waals surface area contributed by atoms with E-state index in [2.05, 4.69) is 47.6 Å². The van der Waals surface area contributed by atoms with Crippen LogP contribution in [0, 0.1) is 0 Å². The Morgan fingerprint density at radius 3 is 2.00 bits per heavy atom. The summed E-state index contributed by atoms with van der Waals surface area (Å²) in [7, 11) is 0. The van der Waals surface area contributed by atoms with Crippen LogP contribution >= 0.6 is 0 Å². The van der Waals surface area contributed by atoms with E-state index in [0.29, 0.717) is 11.3 Å². The summed E-state index contributed by atoms with van der Waals surface area (Å²) in [5.74, 6) is -0.372. The molecule has 0 aliphatic carbocycles. The third-order valence-electron chi connectivity index (χ3n) is 4.23. The third kappa shape index (κ3) is 4.62. The van der Waals surface area contributed by atoms with Crippen LogP contribution in [0.3, 0.4) is 0 Å². The van der Waals surface area contributed by atoms with Crippen molar-refractivity contribution in [2.45, 2.75) is 58.5 Å². The van der Waals surface area contributed by atoms with E-state index < -0.39 is 12.1 Å². The predicted molar refractivity (Wildman–Crippen MR) is 101 cm³/mol. The highest BCUT2D eigenvalue weighted by molar-refractivity contribution is 5.75. The van der Waals surface area contributed by atoms with Crippen LogP contribution in [0.2, 0.25) is 0 Å². The van der Waals surface area contributed by atoms with Gasteiger partial charge >= 0.3 is 5.97 Å². The van der Waals surface area contributed by atoms with Crippen molar-refractivity contribution in [3.05, 3.63) is 65.2 Å². The van der Waals surface area contributed by atoms with Gasteiger partial charge in [-0.15, -0.1) is 0 Å². The molecule has 1 unspecified atom stereocenters. The Labute approximate surface area is 150 Å². The quantitative estimate of drug-likeness (QED) is 0.801. The van der Waals surface area contributed by atoms with Gasteiger partial charge in [-0.3, -0.25) is 0 Å². The molecule has 1 N–H and O–H groups in total. The molecule has 134 valence electrons. The summed E-state index contributed by atoms with van der Waals surface area (Å²) in [5, 5.41) is 9.64. The number of hydrogen-bond acceptors (Lipinski definition) is 2. The first kappa shape index (κ1) is 19.0. The molecule has 0 bridgehead atoms. The maximum Gasteiger partial charge on any atom is 0.349 e. The normalized spacial score (nSPS) is 13.4. The Bertz CT molecular complexity index is 734. The molecule has 2 aromatic rings. The van der Waals surface area contributed by atoms with Gasteiger partial charge in [-0.05, 0) is 28.0 Å². The molecule has 0 aliphatic heterocycles. The Hall–Kier alpha value is -2.29. The van der Waals surface area contributed by atoms with Crippen LogP contribution in [0.4, 0.5) is 0 Å². The summed E-state index contributed by atoms with van der Waals surface area (Å²) < 4.78 is 5.99. The van der Waals surface area contributed by atoms with Crippen LogP contribution in [0.25, 0.3) is 0 Å². The maximum absolute atomic E-state index is 11.8. The molecule has 0 fully saturated rings. The van der Waals surface area contributed by atoms with E-state index in [1.165, 1.54) is 5.56 Å². The first-order chi connectivity index (χ1) is 11.5. The van der Waals surface area contributed by atoms with Crippen molar-refractivity contribution >= 4 is 5.97 Å². The van der Waals surface area contributed by atoms with Crippen molar-refractivity contribution in [1.82, 2.24) is 0 Å². The Morgan fingerprint density at radius 1 is 0.920 bits per heavy atom. The van der Waals surface area contributed by atoms with Gasteiger partial charge in [0.25, 0.3) is 0 Å². The lowest BCUT2D eigenvalue weighted by Crippen LogP contribution is -2.22. The van der Waals surface area contributed by atoms with Crippen LogP contribution < -0.4 is 4.74 Å². The van der Waals surface area contributed by atoms with Gasteiger partial charge in [-0.2, -0.15) is 0 Å². The molecule has 0 saturated heterocycles. The summed E-state index contributed by atoms with van der Waals surface area (Å²) in [6.07, 6.45) is -1.03. The van der Waals surface area contributed by atoms with Gasteiger partial charge in [0, 0.05) is 5.56 Å². The van der Waals surface area contributed by atoms with Crippen molar-refractivity contribution < 1.29 is 14.6 Å². The van der Waals surface area contributed by atoms with E-state index in [9.17, 15) is 9.90 Å². The van der Waals surface area contributed by atoms with Gasteiger partial charge in [-0.1, -0.05) is 84.0 Å². The Morgan fingerprint density at radius 2 is 1.52 bits per heavy atom. The third-order valence-corrected chi connectivity index (χ3v) is 4.23. The van der Waals surface area contributed by atoms with E-state index in [4.69, 9.17) is 4.74 Å². The lowest BCUT2D eigenvalue weighted by Gasteiger charge is -2.28. The first-order valence-corrected chi connectivity index (χ1v) is 8.59. The fraction of sp³-hybridized carbons (Fsp3) is 0.409. The Balaban J connectivity index is 2.49. The van der Waals surface area contributed by atoms with Crippen LogP contribution in [0.5, 0.6) is 5.75 Å². The minimum atomic E-state index is -1.03. The SMILES string of the molecule is CC(C)(C)c1ccc(OC(C(=O)O)c2ccccc2)c(C(C)(C)C)c1. The number of carbonyl (C=O) groups is 1. The van der Waals surface area contributed by atoms with Gasteiger partial charge < -0.3 is 9.84 Å². The molecular formula is C22H28O3. The van der Waals surface area contributed by atoms with Gasteiger partial charge in [0.2, 0.25) is 6.10 Å². The highest BCUT2D eigenvalue weighted by atomic mass is 16.5. The Kier molecular flexibility index (Phi) is 5.26. The topological polar surface area (TPSA) is 46.5 Å². The number of carboxylic acid groups (broad SMARTS) is 1. The van der Waals surface area contributed by atoms with Crippen LogP contribution in [0.15, 0.2) is 48.5 Å². The number of benzene rings is 2. The fourth-order valence-electron chi connectivity index (χ4n) is 2.70. The number of carboxylic acids is 1. The molecule has 0 amide bonds. The summed E-state index contributed by atoms with van der Waals surface area (Å²) in [6, 6.07) is 15.1. The largest absolute Gasteiger partial charge is 0.478 e. The van der Waals surface area contributed by atoms with Crippen molar-refractivity contribution in [3.63, 3.8) is 0 Å². The van der Waals surface area contributed by atoms with E-state index >= 15 is 0 Å². The average molecular weight is 340 g/mol. The standard InChI is InChI=1S/C22H28O3/c1-21(2,3)16-12-13-18(17(14-16)22(4,5)6)25-19(20(23)24)15-10-8-7-9-11-15/h7-14,19H,1-6H3,(H,23,24). The lowest BCUT2D eigenvalue weighted by atomic mass is 9.80. The van der Waals surface area contributed by atoms with Gasteiger partial charge in [0.05, 0.1) is 0 Å². The van der Waals surface area contributed by atoms with Gasteiger partial charge in [0.15, 0.2) is 0 Å². The molecule has 0 radical (unpaired) electrons. The molecule has 3 heteroatoms. The van der Waals surface area contributed by atoms with E-state index in [-0.39, 0.29) is 10.8 Å². The zero-order chi connectivity index (χ0) is 18.8. The molecule has 0 saturated carbocycles. The van der Waals surface area contributed by atoms with Gasteiger partial charge in [0.1, 0.15) is 5.75 Å². The summed E-state index contributed by atoms with van der Waals surface area (Å²) in [4.78, 5) is 11.8. The maximum atomic E-state index is 11.8. The van der Waals surface area contributed by atoms with Crippen molar-refractivity contribution in [2.75, 3.05) is 0 Å². The number of aliphatic carboxylic acids is 1. The summed E-state index contributed by atoms with van der Waals surface area (Å²) in [6.45, 7) is 12.8. The number of rotatable bonds is 4. The van der Waals surface area contributed by atoms with E-state index in [1.807, 2.05) is 30.3 Å². The fourth-order valence-corrected chi connectivity index (χ4v) is 2.70. The summed E-state index contributed by atoms with van der Waals surface area (Å²) in [5.41, 5.74) is 2.72. The van der Waals surface area contributed by atoms with Gasteiger partial charge in [-0.25, -0.2) is 4.79 Å². The second-order valence-corrected chi connectivity index (χ2v) is 8.46. The second kappa shape index (κ2) is 6.91. The molecule has 0 aliphatic rings. The molecular weight excluding hydrogens is 312 g/mol. The minimum absolute atomic E-state index is 0.0180. The molecule has 2 aromatic carbocycles. The first-order valence-electron chi connectivity index (χ1n) is 8.59. The highest BCUT2D eigenvalue weighted by Gasteiger charge is 2.27. The molecule has 1 atom stereocenters. The van der Waals surface area contributed by atoms with Crippen molar-refractivity contribution in [3.8, 4) is 5.75 Å².